The Kier molecular flexibility index (Phi) is 3.24. The number of phenolic OH excluding ortho intramolecular Hbond substituents is 1. The predicted molar refractivity (Wildman–Crippen MR) is 50.5 cm³/mol. The number of phenols is 1. The third-order valence-corrected chi connectivity index (χ3v) is 1.95. The van der Waals surface area contributed by atoms with Gasteiger partial charge in [-0.05, 0) is 31.0 Å². The standard InChI is InChI=1S/C10H12F3NO/c1-6(14)4-7-2-3-8(5-9(7)15)10(11,12)13/h2-3,5-6,15H,4,14H2,1H3. The van der Waals surface area contributed by atoms with Gasteiger partial charge < -0.3 is 10.8 Å². The van der Waals surface area contributed by atoms with Crippen LogP contribution in [-0.2, 0) is 12.6 Å². The Morgan fingerprint density at radius 1 is 1.40 bits per heavy atom. The van der Waals surface area contributed by atoms with E-state index in [0.29, 0.717) is 12.0 Å². The van der Waals surface area contributed by atoms with Gasteiger partial charge in [-0.3, -0.25) is 0 Å². The van der Waals surface area contributed by atoms with E-state index in [1.807, 2.05) is 0 Å². The van der Waals surface area contributed by atoms with E-state index in [4.69, 9.17) is 5.73 Å². The molecule has 0 radical (unpaired) electrons. The number of alkyl halides is 3. The van der Waals surface area contributed by atoms with Gasteiger partial charge in [0.15, 0.2) is 0 Å². The van der Waals surface area contributed by atoms with Gasteiger partial charge in [-0.15, -0.1) is 0 Å². The molecule has 3 N–H and O–H groups in total. The first-order chi connectivity index (χ1) is 6.80. The molecule has 1 atom stereocenters. The third-order valence-electron chi connectivity index (χ3n) is 1.95. The number of hydrogen-bond acceptors (Lipinski definition) is 2. The molecule has 0 heterocycles. The molecule has 1 aromatic carbocycles. The van der Waals surface area contributed by atoms with E-state index in [9.17, 15) is 18.3 Å². The molecule has 15 heavy (non-hydrogen) atoms. The molecule has 0 aromatic heterocycles. The molecule has 0 amide bonds. The quantitative estimate of drug-likeness (QED) is 0.801. The average Bonchev–Trinajstić information content (AvgIpc) is 2.05. The lowest BCUT2D eigenvalue weighted by atomic mass is 10.0. The van der Waals surface area contributed by atoms with Crippen LogP contribution in [-0.4, -0.2) is 11.1 Å². The Labute approximate surface area is 85.5 Å². The summed E-state index contributed by atoms with van der Waals surface area (Å²) in [6.45, 7) is 1.72. The number of halogens is 3. The number of aromatic hydroxyl groups is 1. The zero-order valence-corrected chi connectivity index (χ0v) is 8.17. The summed E-state index contributed by atoms with van der Waals surface area (Å²) >= 11 is 0. The minimum absolute atomic E-state index is 0.201. The van der Waals surface area contributed by atoms with Gasteiger partial charge in [0, 0.05) is 6.04 Å². The summed E-state index contributed by atoms with van der Waals surface area (Å²) in [5.74, 6) is -0.359. The second-order valence-electron chi connectivity index (χ2n) is 3.52. The normalized spacial score (nSPS) is 13.9. The number of rotatable bonds is 2. The monoisotopic (exact) mass is 219 g/mol. The number of benzene rings is 1. The van der Waals surface area contributed by atoms with E-state index >= 15 is 0 Å². The third kappa shape index (κ3) is 3.13. The van der Waals surface area contributed by atoms with Gasteiger partial charge in [0.05, 0.1) is 5.56 Å². The zero-order valence-electron chi connectivity index (χ0n) is 8.17. The van der Waals surface area contributed by atoms with Crippen LogP contribution in [0, 0.1) is 0 Å². The summed E-state index contributed by atoms with van der Waals surface area (Å²) in [4.78, 5) is 0. The van der Waals surface area contributed by atoms with Crippen LogP contribution >= 0.6 is 0 Å². The lowest BCUT2D eigenvalue weighted by Crippen LogP contribution is -2.18. The first-order valence-corrected chi connectivity index (χ1v) is 4.45. The Balaban J connectivity index is 2.98. The maximum absolute atomic E-state index is 12.2. The Morgan fingerprint density at radius 2 is 2.00 bits per heavy atom. The van der Waals surface area contributed by atoms with Crippen LogP contribution in [0.1, 0.15) is 18.1 Å². The van der Waals surface area contributed by atoms with E-state index in [2.05, 4.69) is 0 Å². The van der Waals surface area contributed by atoms with Crippen molar-refractivity contribution in [1.29, 1.82) is 0 Å². The fourth-order valence-corrected chi connectivity index (χ4v) is 1.26. The predicted octanol–water partition coefficient (Wildman–Crippen LogP) is 2.30. The van der Waals surface area contributed by atoms with Crippen molar-refractivity contribution in [3.63, 3.8) is 0 Å². The van der Waals surface area contributed by atoms with Crippen LogP contribution in [0.4, 0.5) is 13.2 Å². The summed E-state index contributed by atoms with van der Waals surface area (Å²) in [7, 11) is 0. The maximum atomic E-state index is 12.2. The largest absolute Gasteiger partial charge is 0.508 e. The van der Waals surface area contributed by atoms with Crippen molar-refractivity contribution in [1.82, 2.24) is 0 Å². The van der Waals surface area contributed by atoms with Crippen molar-refractivity contribution in [3.05, 3.63) is 29.3 Å². The fourth-order valence-electron chi connectivity index (χ4n) is 1.26. The number of hydrogen-bond donors (Lipinski definition) is 2. The van der Waals surface area contributed by atoms with Crippen molar-refractivity contribution >= 4 is 0 Å². The molecule has 1 aromatic rings. The van der Waals surface area contributed by atoms with E-state index < -0.39 is 11.7 Å². The van der Waals surface area contributed by atoms with Gasteiger partial charge in [-0.2, -0.15) is 13.2 Å². The SMILES string of the molecule is CC(N)Cc1ccc(C(F)(F)F)cc1O. The molecule has 0 spiro atoms. The van der Waals surface area contributed by atoms with Gasteiger partial charge in [0.25, 0.3) is 0 Å². The molecule has 84 valence electrons. The zero-order chi connectivity index (χ0) is 11.6. The molecule has 0 aliphatic carbocycles. The Hall–Kier alpha value is -1.23. The Morgan fingerprint density at radius 3 is 2.40 bits per heavy atom. The van der Waals surface area contributed by atoms with Gasteiger partial charge in [-0.25, -0.2) is 0 Å². The summed E-state index contributed by atoms with van der Waals surface area (Å²) < 4.78 is 36.7. The summed E-state index contributed by atoms with van der Waals surface area (Å²) in [6, 6.07) is 2.71. The van der Waals surface area contributed by atoms with Crippen LogP contribution < -0.4 is 5.73 Å². The van der Waals surface area contributed by atoms with Gasteiger partial charge in [-0.1, -0.05) is 6.07 Å². The van der Waals surface area contributed by atoms with Crippen molar-refractivity contribution in [2.24, 2.45) is 5.73 Å². The molecular formula is C10H12F3NO. The van der Waals surface area contributed by atoms with Crippen molar-refractivity contribution in [3.8, 4) is 5.75 Å². The summed E-state index contributed by atoms with van der Waals surface area (Å²) in [5, 5.41) is 9.35. The van der Waals surface area contributed by atoms with Crippen LogP contribution in [0.3, 0.4) is 0 Å². The smallest absolute Gasteiger partial charge is 0.416 e. The summed E-state index contributed by atoms with van der Waals surface area (Å²) in [6.07, 6.45) is -4.08. The molecule has 0 aliphatic rings. The minimum Gasteiger partial charge on any atom is -0.508 e. The van der Waals surface area contributed by atoms with Crippen molar-refractivity contribution < 1.29 is 18.3 Å². The highest BCUT2D eigenvalue weighted by atomic mass is 19.4. The van der Waals surface area contributed by atoms with Crippen molar-refractivity contribution in [2.45, 2.75) is 25.6 Å². The molecular weight excluding hydrogens is 207 g/mol. The van der Waals surface area contributed by atoms with Crippen LogP contribution in [0.5, 0.6) is 5.75 Å². The first-order valence-electron chi connectivity index (χ1n) is 4.45. The lowest BCUT2D eigenvalue weighted by molar-refractivity contribution is -0.137. The van der Waals surface area contributed by atoms with Gasteiger partial charge in [0.1, 0.15) is 5.75 Å². The first kappa shape index (κ1) is 11.8. The molecule has 1 unspecified atom stereocenters. The van der Waals surface area contributed by atoms with Gasteiger partial charge >= 0.3 is 6.18 Å². The summed E-state index contributed by atoms with van der Waals surface area (Å²) in [5.41, 5.74) is 5.06. The van der Waals surface area contributed by atoms with E-state index in [1.165, 1.54) is 6.07 Å². The molecule has 5 heteroatoms. The minimum atomic E-state index is -4.43. The number of nitrogens with two attached hydrogens (primary N) is 1. The molecule has 0 saturated carbocycles. The molecule has 2 nitrogen and oxygen atoms in total. The Bertz CT molecular complexity index is 347. The maximum Gasteiger partial charge on any atom is 0.416 e. The molecule has 0 saturated heterocycles. The van der Waals surface area contributed by atoms with E-state index in [1.54, 1.807) is 6.92 Å². The molecule has 0 bridgehead atoms. The topological polar surface area (TPSA) is 46.2 Å². The van der Waals surface area contributed by atoms with Crippen LogP contribution in [0.15, 0.2) is 18.2 Å². The van der Waals surface area contributed by atoms with E-state index in [-0.39, 0.29) is 11.8 Å². The van der Waals surface area contributed by atoms with Crippen LogP contribution in [0.25, 0.3) is 0 Å². The highest BCUT2D eigenvalue weighted by Crippen LogP contribution is 2.32. The average molecular weight is 219 g/mol. The highest BCUT2D eigenvalue weighted by Gasteiger charge is 2.31. The van der Waals surface area contributed by atoms with Crippen molar-refractivity contribution in [2.75, 3.05) is 0 Å². The highest BCUT2D eigenvalue weighted by molar-refractivity contribution is 5.38. The van der Waals surface area contributed by atoms with E-state index in [0.717, 1.165) is 12.1 Å². The van der Waals surface area contributed by atoms with Gasteiger partial charge in [0.2, 0.25) is 0 Å². The lowest BCUT2D eigenvalue weighted by Gasteiger charge is -2.11. The second kappa shape index (κ2) is 4.10. The van der Waals surface area contributed by atoms with Crippen LogP contribution in [0.2, 0.25) is 0 Å². The molecule has 1 rings (SSSR count). The second-order valence-corrected chi connectivity index (χ2v) is 3.52. The molecule has 0 aliphatic heterocycles. The molecule has 0 fully saturated rings. The fraction of sp³-hybridized carbons (Fsp3) is 0.400.